The van der Waals surface area contributed by atoms with E-state index < -0.39 is 0 Å². The summed E-state index contributed by atoms with van der Waals surface area (Å²) in [6, 6.07) is 0.499. The van der Waals surface area contributed by atoms with Crippen LogP contribution in [0.15, 0.2) is 12.4 Å². The second-order valence-electron chi connectivity index (χ2n) is 3.33. The highest BCUT2D eigenvalue weighted by atomic mass is 15.2. The van der Waals surface area contributed by atoms with Gasteiger partial charge in [-0.3, -0.25) is 4.68 Å². The molecular formula is C9H17N3. The summed E-state index contributed by atoms with van der Waals surface area (Å²) in [5, 5.41) is 4.16. The quantitative estimate of drug-likeness (QED) is 0.679. The highest BCUT2D eigenvalue weighted by molar-refractivity contribution is 5.09. The van der Waals surface area contributed by atoms with Crippen molar-refractivity contribution in [1.29, 1.82) is 0 Å². The Labute approximate surface area is 74.0 Å². The Hall–Kier alpha value is -0.830. The van der Waals surface area contributed by atoms with Crippen molar-refractivity contribution in [2.45, 2.75) is 19.4 Å². The molecule has 12 heavy (non-hydrogen) atoms. The molecule has 1 rings (SSSR count). The Morgan fingerprint density at radius 1 is 1.58 bits per heavy atom. The predicted molar refractivity (Wildman–Crippen MR) is 49.9 cm³/mol. The molecule has 0 N–H and O–H groups in total. The molecule has 0 aliphatic rings. The molecule has 0 fully saturated rings. The lowest BCUT2D eigenvalue weighted by Crippen LogP contribution is -2.18. The predicted octanol–water partition coefficient (Wildman–Crippen LogP) is 1.43. The highest BCUT2D eigenvalue weighted by Gasteiger charge is 2.12. The lowest BCUT2D eigenvalue weighted by Gasteiger charge is -2.21. The van der Waals surface area contributed by atoms with Gasteiger partial charge in [0.15, 0.2) is 0 Å². The maximum atomic E-state index is 4.16. The minimum Gasteiger partial charge on any atom is -0.302 e. The van der Waals surface area contributed by atoms with Crippen LogP contribution >= 0.6 is 0 Å². The van der Waals surface area contributed by atoms with Crippen molar-refractivity contribution in [3.63, 3.8) is 0 Å². The third-order valence-corrected chi connectivity index (χ3v) is 2.12. The zero-order valence-corrected chi connectivity index (χ0v) is 8.28. The molecule has 0 saturated carbocycles. The Morgan fingerprint density at radius 3 is 2.58 bits per heavy atom. The Morgan fingerprint density at radius 2 is 2.25 bits per heavy atom. The monoisotopic (exact) mass is 167 g/mol. The summed E-state index contributed by atoms with van der Waals surface area (Å²) in [7, 11) is 6.15. The average molecular weight is 167 g/mol. The van der Waals surface area contributed by atoms with Crippen LogP contribution in [-0.2, 0) is 7.05 Å². The van der Waals surface area contributed by atoms with Crippen molar-refractivity contribution >= 4 is 0 Å². The molecule has 0 aromatic carbocycles. The summed E-state index contributed by atoms with van der Waals surface area (Å²) >= 11 is 0. The van der Waals surface area contributed by atoms with Crippen LogP contribution in [0.4, 0.5) is 0 Å². The highest BCUT2D eigenvalue weighted by Crippen LogP contribution is 2.19. The first-order valence-corrected chi connectivity index (χ1v) is 4.30. The Balaban J connectivity index is 2.80. The topological polar surface area (TPSA) is 21.1 Å². The van der Waals surface area contributed by atoms with Gasteiger partial charge in [0.05, 0.1) is 6.20 Å². The van der Waals surface area contributed by atoms with E-state index in [1.165, 1.54) is 5.56 Å². The van der Waals surface area contributed by atoms with Crippen molar-refractivity contribution in [3.8, 4) is 0 Å². The Bertz CT molecular complexity index is 240. The number of hydrogen-bond donors (Lipinski definition) is 0. The van der Waals surface area contributed by atoms with E-state index in [0.29, 0.717) is 6.04 Å². The van der Waals surface area contributed by atoms with Crippen molar-refractivity contribution in [2.24, 2.45) is 7.05 Å². The van der Waals surface area contributed by atoms with Crippen LogP contribution in [-0.4, -0.2) is 28.8 Å². The molecule has 1 aromatic heterocycles. The molecule has 0 aliphatic carbocycles. The van der Waals surface area contributed by atoms with Gasteiger partial charge >= 0.3 is 0 Å². The molecule has 0 spiro atoms. The van der Waals surface area contributed by atoms with Gasteiger partial charge in [0.1, 0.15) is 0 Å². The molecule has 0 saturated heterocycles. The van der Waals surface area contributed by atoms with Crippen LogP contribution in [0.1, 0.15) is 24.9 Å². The first kappa shape index (κ1) is 9.26. The molecule has 1 heterocycles. The maximum absolute atomic E-state index is 4.16. The van der Waals surface area contributed by atoms with E-state index in [1.54, 1.807) is 0 Å². The fourth-order valence-corrected chi connectivity index (χ4v) is 1.51. The zero-order valence-electron chi connectivity index (χ0n) is 8.28. The van der Waals surface area contributed by atoms with E-state index in [4.69, 9.17) is 0 Å². The first-order chi connectivity index (χ1) is 5.65. The van der Waals surface area contributed by atoms with Crippen LogP contribution in [0.25, 0.3) is 0 Å². The first-order valence-electron chi connectivity index (χ1n) is 4.30. The second-order valence-corrected chi connectivity index (χ2v) is 3.33. The number of aromatic nitrogens is 2. The normalized spacial score (nSPS) is 13.8. The van der Waals surface area contributed by atoms with Gasteiger partial charge in [-0.1, -0.05) is 6.92 Å². The van der Waals surface area contributed by atoms with Gasteiger partial charge in [-0.05, 0) is 20.5 Å². The molecular weight excluding hydrogens is 150 g/mol. The minimum atomic E-state index is 0.499. The number of hydrogen-bond acceptors (Lipinski definition) is 2. The molecule has 3 heteroatoms. The molecule has 3 nitrogen and oxygen atoms in total. The van der Waals surface area contributed by atoms with Gasteiger partial charge in [-0.25, -0.2) is 0 Å². The summed E-state index contributed by atoms with van der Waals surface area (Å²) in [4.78, 5) is 2.22. The fraction of sp³-hybridized carbons (Fsp3) is 0.667. The van der Waals surface area contributed by atoms with Gasteiger partial charge in [-0.2, -0.15) is 5.10 Å². The van der Waals surface area contributed by atoms with Crippen molar-refractivity contribution in [3.05, 3.63) is 18.0 Å². The van der Waals surface area contributed by atoms with Crippen LogP contribution < -0.4 is 0 Å². The SMILES string of the molecule is CCC(c1cnn(C)c1)N(C)C. The van der Waals surface area contributed by atoms with Crippen LogP contribution in [0.2, 0.25) is 0 Å². The van der Waals surface area contributed by atoms with Crippen LogP contribution in [0.3, 0.4) is 0 Å². The molecule has 0 bridgehead atoms. The summed E-state index contributed by atoms with van der Waals surface area (Å²) in [5.74, 6) is 0. The summed E-state index contributed by atoms with van der Waals surface area (Å²) in [6.07, 6.45) is 5.14. The van der Waals surface area contributed by atoms with E-state index >= 15 is 0 Å². The van der Waals surface area contributed by atoms with Gasteiger partial charge in [-0.15, -0.1) is 0 Å². The molecule has 1 atom stereocenters. The molecule has 0 radical (unpaired) electrons. The average Bonchev–Trinajstić information content (AvgIpc) is 2.37. The molecule has 1 unspecified atom stereocenters. The molecule has 0 amide bonds. The summed E-state index contributed by atoms with van der Waals surface area (Å²) < 4.78 is 1.85. The smallest absolute Gasteiger partial charge is 0.0537 e. The summed E-state index contributed by atoms with van der Waals surface area (Å²) in [5.41, 5.74) is 1.30. The lowest BCUT2D eigenvalue weighted by atomic mass is 10.1. The largest absolute Gasteiger partial charge is 0.302 e. The molecule has 68 valence electrons. The second kappa shape index (κ2) is 3.72. The Kier molecular flexibility index (Phi) is 2.87. The van der Waals surface area contributed by atoms with Gasteiger partial charge in [0.2, 0.25) is 0 Å². The number of aryl methyl sites for hydroxylation is 1. The standard InChI is InChI=1S/C9H17N3/c1-5-9(11(2)3)8-6-10-12(4)7-8/h6-7,9H,5H2,1-4H3. The lowest BCUT2D eigenvalue weighted by molar-refractivity contribution is 0.292. The van der Waals surface area contributed by atoms with Crippen LogP contribution in [0, 0.1) is 0 Å². The van der Waals surface area contributed by atoms with Crippen LogP contribution in [0.5, 0.6) is 0 Å². The fourth-order valence-electron chi connectivity index (χ4n) is 1.51. The molecule has 0 aliphatic heterocycles. The summed E-state index contributed by atoms with van der Waals surface area (Å²) in [6.45, 7) is 2.19. The zero-order chi connectivity index (χ0) is 9.14. The van der Waals surface area contributed by atoms with Gasteiger partial charge in [0.25, 0.3) is 0 Å². The third-order valence-electron chi connectivity index (χ3n) is 2.12. The number of nitrogens with zero attached hydrogens (tertiary/aromatic N) is 3. The van der Waals surface area contributed by atoms with Crippen molar-refractivity contribution < 1.29 is 0 Å². The van der Waals surface area contributed by atoms with E-state index in [2.05, 4.69) is 37.2 Å². The number of rotatable bonds is 3. The minimum absolute atomic E-state index is 0.499. The van der Waals surface area contributed by atoms with E-state index in [0.717, 1.165) is 6.42 Å². The van der Waals surface area contributed by atoms with E-state index in [1.807, 2.05) is 17.9 Å². The van der Waals surface area contributed by atoms with Gasteiger partial charge in [0, 0.05) is 24.8 Å². The van der Waals surface area contributed by atoms with E-state index in [9.17, 15) is 0 Å². The van der Waals surface area contributed by atoms with Gasteiger partial charge < -0.3 is 4.90 Å². The third kappa shape index (κ3) is 1.85. The maximum Gasteiger partial charge on any atom is 0.0537 e. The van der Waals surface area contributed by atoms with Crippen molar-refractivity contribution in [1.82, 2.24) is 14.7 Å². The molecule has 1 aromatic rings. The van der Waals surface area contributed by atoms with E-state index in [-0.39, 0.29) is 0 Å². The van der Waals surface area contributed by atoms with Crippen molar-refractivity contribution in [2.75, 3.05) is 14.1 Å².